The van der Waals surface area contributed by atoms with Crippen molar-refractivity contribution in [3.8, 4) is 0 Å². The lowest BCUT2D eigenvalue weighted by atomic mass is 10.0. The molecule has 1 heterocycles. The van der Waals surface area contributed by atoms with Crippen LogP contribution in [0.3, 0.4) is 0 Å². The van der Waals surface area contributed by atoms with E-state index in [1.807, 2.05) is 20.8 Å². The van der Waals surface area contributed by atoms with Crippen molar-refractivity contribution in [1.82, 2.24) is 4.90 Å². The summed E-state index contributed by atoms with van der Waals surface area (Å²) in [6.45, 7) is 5.74. The molecular weight excluding hydrogens is 208 g/mol. The van der Waals surface area contributed by atoms with E-state index in [0.29, 0.717) is 12.8 Å². The van der Waals surface area contributed by atoms with Gasteiger partial charge in [-0.25, -0.2) is 4.79 Å². The third-order valence-electron chi connectivity index (χ3n) is 2.96. The average Bonchev–Trinajstić information content (AvgIpc) is 2.38. The second-order valence-electron chi connectivity index (χ2n) is 4.92. The number of likely N-dealkylation sites (tertiary alicyclic amines) is 1. The zero-order valence-corrected chi connectivity index (χ0v) is 10.0. The molecule has 0 bridgehead atoms. The highest BCUT2D eigenvalue weighted by Crippen LogP contribution is 2.24. The highest BCUT2D eigenvalue weighted by atomic mass is 16.4. The van der Waals surface area contributed by atoms with E-state index in [0.717, 1.165) is 0 Å². The fourth-order valence-corrected chi connectivity index (χ4v) is 2.23. The Labute approximate surface area is 95.6 Å². The van der Waals surface area contributed by atoms with Gasteiger partial charge < -0.3 is 15.7 Å². The molecular formula is C11H20N2O3. The first-order valence-electron chi connectivity index (χ1n) is 5.65. The molecule has 0 aromatic rings. The summed E-state index contributed by atoms with van der Waals surface area (Å²) in [4.78, 5) is 24.4. The van der Waals surface area contributed by atoms with Gasteiger partial charge in [0.25, 0.3) is 0 Å². The first-order chi connectivity index (χ1) is 7.34. The largest absolute Gasteiger partial charge is 0.480 e. The molecule has 3 unspecified atom stereocenters. The Morgan fingerprint density at radius 1 is 1.62 bits per heavy atom. The molecule has 3 atom stereocenters. The van der Waals surface area contributed by atoms with Crippen molar-refractivity contribution < 1.29 is 14.7 Å². The summed E-state index contributed by atoms with van der Waals surface area (Å²) >= 11 is 0. The normalized spacial score (nSPS) is 27.6. The molecule has 1 rings (SSSR count). The van der Waals surface area contributed by atoms with Crippen LogP contribution in [0.25, 0.3) is 0 Å². The molecule has 92 valence electrons. The third kappa shape index (κ3) is 2.52. The Kier molecular flexibility index (Phi) is 3.91. The van der Waals surface area contributed by atoms with Gasteiger partial charge in [0.05, 0.1) is 6.04 Å². The van der Waals surface area contributed by atoms with Gasteiger partial charge in [0, 0.05) is 6.04 Å². The molecule has 1 fully saturated rings. The zero-order valence-electron chi connectivity index (χ0n) is 10.0. The summed E-state index contributed by atoms with van der Waals surface area (Å²) in [5.41, 5.74) is 5.64. The monoisotopic (exact) mass is 228 g/mol. The van der Waals surface area contributed by atoms with E-state index >= 15 is 0 Å². The number of aliphatic carboxylic acids is 1. The van der Waals surface area contributed by atoms with Gasteiger partial charge >= 0.3 is 5.97 Å². The maximum atomic E-state index is 11.8. The van der Waals surface area contributed by atoms with Crippen LogP contribution in [0.2, 0.25) is 0 Å². The molecule has 1 aliphatic heterocycles. The van der Waals surface area contributed by atoms with Gasteiger partial charge in [0.2, 0.25) is 5.91 Å². The summed E-state index contributed by atoms with van der Waals surface area (Å²) in [6.07, 6.45) is 1.01. The minimum atomic E-state index is -0.942. The summed E-state index contributed by atoms with van der Waals surface area (Å²) < 4.78 is 0. The molecule has 5 heteroatoms. The molecule has 0 spiro atoms. The topological polar surface area (TPSA) is 83.6 Å². The molecule has 3 N–H and O–H groups in total. The van der Waals surface area contributed by atoms with Crippen LogP contribution in [0.5, 0.6) is 0 Å². The van der Waals surface area contributed by atoms with E-state index in [-0.39, 0.29) is 17.9 Å². The maximum absolute atomic E-state index is 11.8. The van der Waals surface area contributed by atoms with Gasteiger partial charge in [-0.15, -0.1) is 0 Å². The van der Waals surface area contributed by atoms with Crippen LogP contribution >= 0.6 is 0 Å². The van der Waals surface area contributed by atoms with Crippen LogP contribution < -0.4 is 5.73 Å². The summed E-state index contributed by atoms with van der Waals surface area (Å²) in [5, 5.41) is 9.17. The number of carbonyl (C=O) groups is 2. The van der Waals surface area contributed by atoms with Crippen molar-refractivity contribution in [2.24, 2.45) is 11.7 Å². The van der Waals surface area contributed by atoms with Crippen LogP contribution in [0.1, 0.15) is 33.6 Å². The van der Waals surface area contributed by atoms with Gasteiger partial charge in [-0.2, -0.15) is 0 Å². The standard InChI is InChI=1S/C11H20N2O3/c1-6(2)4-9(11(15)16)13-7(3)5-8(12)10(13)14/h6-9H,4-5,12H2,1-3H3,(H,15,16). The quantitative estimate of drug-likeness (QED) is 0.731. The van der Waals surface area contributed by atoms with E-state index in [9.17, 15) is 9.59 Å². The second kappa shape index (κ2) is 4.82. The highest BCUT2D eigenvalue weighted by Gasteiger charge is 2.41. The highest BCUT2D eigenvalue weighted by molar-refractivity contribution is 5.89. The van der Waals surface area contributed by atoms with E-state index < -0.39 is 18.1 Å². The van der Waals surface area contributed by atoms with Gasteiger partial charge in [0.15, 0.2) is 0 Å². The number of nitrogens with two attached hydrogens (primary N) is 1. The lowest BCUT2D eigenvalue weighted by Crippen LogP contribution is -2.48. The predicted octanol–water partition coefficient (Wildman–Crippen LogP) is 0.434. The number of carboxylic acids is 1. The van der Waals surface area contributed by atoms with Crippen LogP contribution in [0.4, 0.5) is 0 Å². The Morgan fingerprint density at radius 2 is 2.19 bits per heavy atom. The molecule has 0 aromatic carbocycles. The lowest BCUT2D eigenvalue weighted by Gasteiger charge is -2.29. The van der Waals surface area contributed by atoms with Crippen molar-refractivity contribution in [2.45, 2.75) is 51.7 Å². The summed E-state index contributed by atoms with van der Waals surface area (Å²) in [6, 6.07) is -1.36. The van der Waals surface area contributed by atoms with Crippen LogP contribution in [0.15, 0.2) is 0 Å². The van der Waals surface area contributed by atoms with Crippen molar-refractivity contribution in [2.75, 3.05) is 0 Å². The number of nitrogens with zero attached hydrogens (tertiary/aromatic N) is 1. The van der Waals surface area contributed by atoms with E-state index in [1.165, 1.54) is 4.90 Å². The molecule has 0 saturated carbocycles. The summed E-state index contributed by atoms with van der Waals surface area (Å²) in [7, 11) is 0. The lowest BCUT2D eigenvalue weighted by molar-refractivity contribution is -0.150. The fraction of sp³-hybridized carbons (Fsp3) is 0.818. The number of amides is 1. The van der Waals surface area contributed by atoms with Crippen molar-refractivity contribution >= 4 is 11.9 Å². The summed E-state index contributed by atoms with van der Waals surface area (Å²) in [5.74, 6) is -0.943. The van der Waals surface area contributed by atoms with Gasteiger partial charge in [-0.3, -0.25) is 4.79 Å². The maximum Gasteiger partial charge on any atom is 0.326 e. The second-order valence-corrected chi connectivity index (χ2v) is 4.92. The molecule has 1 saturated heterocycles. The molecule has 1 amide bonds. The first-order valence-corrected chi connectivity index (χ1v) is 5.65. The third-order valence-corrected chi connectivity index (χ3v) is 2.96. The molecule has 0 aromatic heterocycles. The average molecular weight is 228 g/mol. The van der Waals surface area contributed by atoms with Gasteiger partial charge in [0.1, 0.15) is 6.04 Å². The fourth-order valence-electron chi connectivity index (χ4n) is 2.23. The van der Waals surface area contributed by atoms with Gasteiger partial charge in [-0.05, 0) is 25.7 Å². The number of hydrogen-bond donors (Lipinski definition) is 2. The number of rotatable bonds is 4. The molecule has 1 aliphatic rings. The molecule has 0 aliphatic carbocycles. The van der Waals surface area contributed by atoms with Gasteiger partial charge in [-0.1, -0.05) is 13.8 Å². The number of hydrogen-bond acceptors (Lipinski definition) is 3. The molecule has 16 heavy (non-hydrogen) atoms. The van der Waals surface area contributed by atoms with E-state index in [4.69, 9.17) is 10.8 Å². The Hall–Kier alpha value is -1.10. The Balaban J connectivity index is 2.86. The predicted molar refractivity (Wildman–Crippen MR) is 59.8 cm³/mol. The number of carbonyl (C=O) groups excluding carboxylic acids is 1. The SMILES string of the molecule is CC(C)CC(C(=O)O)N1C(=O)C(N)CC1C. The Bertz CT molecular complexity index is 291. The van der Waals surface area contributed by atoms with E-state index in [1.54, 1.807) is 0 Å². The minimum Gasteiger partial charge on any atom is -0.480 e. The van der Waals surface area contributed by atoms with E-state index in [2.05, 4.69) is 0 Å². The number of carboxylic acid groups (broad SMARTS) is 1. The Morgan fingerprint density at radius 3 is 2.50 bits per heavy atom. The van der Waals surface area contributed by atoms with Crippen LogP contribution in [-0.4, -0.2) is 40.0 Å². The first kappa shape index (κ1) is 13.0. The van der Waals surface area contributed by atoms with Crippen molar-refractivity contribution in [1.29, 1.82) is 0 Å². The van der Waals surface area contributed by atoms with Crippen LogP contribution in [-0.2, 0) is 9.59 Å². The molecule has 5 nitrogen and oxygen atoms in total. The van der Waals surface area contributed by atoms with Crippen LogP contribution in [0, 0.1) is 5.92 Å². The molecule has 0 radical (unpaired) electrons. The smallest absolute Gasteiger partial charge is 0.326 e. The van der Waals surface area contributed by atoms with Crippen molar-refractivity contribution in [3.05, 3.63) is 0 Å². The zero-order chi connectivity index (χ0) is 12.5. The minimum absolute atomic E-state index is 0.0812. The van der Waals surface area contributed by atoms with Crippen molar-refractivity contribution in [3.63, 3.8) is 0 Å².